The van der Waals surface area contributed by atoms with Crippen LogP contribution in [-0.2, 0) is 75.1 Å². The highest BCUT2D eigenvalue weighted by molar-refractivity contribution is 5.99. The number of benzene rings is 2. The van der Waals surface area contributed by atoms with Crippen molar-refractivity contribution >= 4 is 77.0 Å². The highest BCUT2D eigenvalue weighted by atomic mass is 16.5. The van der Waals surface area contributed by atoms with Crippen LogP contribution in [0, 0.1) is 35.5 Å². The molecule has 0 aromatic heterocycles. The van der Waals surface area contributed by atoms with Crippen molar-refractivity contribution in [2.24, 2.45) is 57.7 Å². The summed E-state index contributed by atoms with van der Waals surface area (Å²) in [6.07, 6.45) is 6.99. The van der Waals surface area contributed by atoms with Crippen LogP contribution in [0.2, 0.25) is 0 Å². The number of ether oxygens (including phenoxy) is 1. The van der Waals surface area contributed by atoms with Crippen LogP contribution in [0.1, 0.15) is 220 Å². The van der Waals surface area contributed by atoms with Gasteiger partial charge in [-0.05, 0) is 150 Å². The number of likely N-dealkylation sites (N-methyl/N-ethyl adjacent to an activating group) is 1. The number of rotatable bonds is 41. The first-order chi connectivity index (χ1) is 55.7. The summed E-state index contributed by atoms with van der Waals surface area (Å²) in [5.41, 5.74) is 19.3. The maximum atomic E-state index is 15.7. The Kier molecular flexibility index (Phi) is 40.6. The molecule has 31 nitrogen and oxygen atoms in total. The number of guanidine groups is 1. The van der Waals surface area contributed by atoms with Crippen molar-refractivity contribution in [2.45, 2.75) is 295 Å². The van der Waals surface area contributed by atoms with Crippen LogP contribution >= 0.6 is 0 Å². The van der Waals surface area contributed by atoms with Crippen molar-refractivity contribution in [2.75, 3.05) is 46.8 Å². The lowest BCUT2D eigenvalue weighted by atomic mass is 9.85. The van der Waals surface area contributed by atoms with Gasteiger partial charge in [0, 0.05) is 71.7 Å². The minimum atomic E-state index is -1.87. The van der Waals surface area contributed by atoms with Crippen molar-refractivity contribution in [3.05, 3.63) is 83.6 Å². The van der Waals surface area contributed by atoms with E-state index in [1.807, 2.05) is 80.4 Å². The number of esters is 1. The van der Waals surface area contributed by atoms with E-state index < -0.39 is 162 Å². The molecular weight excluding hydrogens is 1500 g/mol. The van der Waals surface area contributed by atoms with Gasteiger partial charge in [0.1, 0.15) is 54.4 Å². The largest absolute Gasteiger partial charge is 0.481 e. The van der Waals surface area contributed by atoms with E-state index in [9.17, 15) is 58.8 Å². The summed E-state index contributed by atoms with van der Waals surface area (Å²) in [5.74, 6) is -12.2. The molecule has 1 aliphatic carbocycles. The number of nitrogens with one attached hydrogen (secondary N) is 6. The van der Waals surface area contributed by atoms with E-state index in [0.717, 1.165) is 48.3 Å². The van der Waals surface area contributed by atoms with Gasteiger partial charge in [-0.1, -0.05) is 147 Å². The number of primary amides is 1. The molecule has 16 N–H and O–H groups in total. The molecular formula is C86H136N14O17. The number of aliphatic carboxylic acids is 1. The quantitative estimate of drug-likeness (QED) is 0.0188. The number of aliphatic hydroxyl groups excluding tert-OH is 3. The Bertz CT molecular complexity index is 3620. The van der Waals surface area contributed by atoms with Crippen LogP contribution in [0.4, 0.5) is 0 Å². The predicted molar refractivity (Wildman–Crippen MR) is 443 cm³/mol. The molecule has 3 heterocycles. The van der Waals surface area contributed by atoms with Gasteiger partial charge in [0.25, 0.3) is 0 Å². The summed E-state index contributed by atoms with van der Waals surface area (Å²) in [7, 11) is 3.16. The highest BCUT2D eigenvalue weighted by Crippen LogP contribution is 2.39. The lowest BCUT2D eigenvalue weighted by Gasteiger charge is -2.35. The number of hydrogen-bond donors (Lipinski definition) is 13. The number of carbonyl (C=O) groups is 12. The van der Waals surface area contributed by atoms with E-state index in [2.05, 4.69) is 43.8 Å². The molecule has 2 aromatic rings. The third-order valence-electron chi connectivity index (χ3n) is 23.2. The van der Waals surface area contributed by atoms with Crippen LogP contribution in [0.25, 0.3) is 0 Å². The van der Waals surface area contributed by atoms with Crippen molar-refractivity contribution in [1.82, 2.24) is 51.5 Å². The Labute approximate surface area is 690 Å². The number of carboxylic acids is 1. The van der Waals surface area contributed by atoms with Crippen molar-refractivity contribution in [3.63, 3.8) is 0 Å². The summed E-state index contributed by atoms with van der Waals surface area (Å²) < 4.78 is 6.18. The number of nitrogens with two attached hydrogens (primary N) is 3. The van der Waals surface area contributed by atoms with Gasteiger partial charge in [0.05, 0.1) is 37.2 Å². The van der Waals surface area contributed by atoms with E-state index in [1.165, 1.54) is 11.9 Å². The fourth-order valence-corrected chi connectivity index (χ4v) is 16.3. The van der Waals surface area contributed by atoms with E-state index >= 15 is 19.2 Å². The van der Waals surface area contributed by atoms with Gasteiger partial charge in [-0.3, -0.25) is 62.5 Å². The van der Waals surface area contributed by atoms with Gasteiger partial charge in [0.2, 0.25) is 59.1 Å². The number of unbranched alkanes of at least 4 members (excludes halogenated alkanes) is 4. The number of carboxylic acid groups (broad SMARTS) is 1. The first kappa shape index (κ1) is 96.6. The van der Waals surface area contributed by atoms with Gasteiger partial charge in [-0.2, -0.15) is 0 Å². The van der Waals surface area contributed by atoms with Crippen molar-refractivity contribution in [1.29, 1.82) is 0 Å². The van der Waals surface area contributed by atoms with Gasteiger partial charge in [-0.25, -0.2) is 0 Å². The van der Waals surface area contributed by atoms with E-state index in [4.69, 9.17) is 21.9 Å². The molecule has 3 aliphatic heterocycles. The molecule has 0 spiro atoms. The number of hydrogen-bond acceptors (Lipinski definition) is 18. The maximum absolute atomic E-state index is 15.7. The minimum Gasteiger partial charge on any atom is -0.481 e. The normalized spacial score (nSPS) is 23.2. The second-order valence-electron chi connectivity index (χ2n) is 33.5. The van der Waals surface area contributed by atoms with Crippen LogP contribution in [-0.4, -0.2) is 237 Å². The van der Waals surface area contributed by atoms with Crippen LogP contribution in [0.5, 0.6) is 0 Å². The summed E-state index contributed by atoms with van der Waals surface area (Å²) in [6, 6.07) is 7.47. The molecule has 117 heavy (non-hydrogen) atoms. The van der Waals surface area contributed by atoms with Crippen LogP contribution in [0.3, 0.4) is 0 Å². The first-order valence-electron chi connectivity index (χ1n) is 42.6. The molecule has 31 heteroatoms. The number of aryl methyl sites for hydroxylation is 1. The molecule has 6 rings (SSSR count). The Morgan fingerprint density at radius 1 is 0.718 bits per heavy atom. The van der Waals surface area contributed by atoms with E-state index in [0.29, 0.717) is 76.3 Å². The molecule has 1 saturated carbocycles. The van der Waals surface area contributed by atoms with Gasteiger partial charge in [0.15, 0.2) is 5.96 Å². The van der Waals surface area contributed by atoms with Gasteiger partial charge >= 0.3 is 11.9 Å². The smallest absolute Gasteiger partial charge is 0.306 e. The molecule has 0 radical (unpaired) electrons. The zero-order valence-corrected chi connectivity index (χ0v) is 70.4. The number of fused-ring (bicyclic) bond motifs is 2. The zero-order valence-electron chi connectivity index (χ0n) is 70.4. The third kappa shape index (κ3) is 31.9. The fraction of sp³-hybridized carbons (Fsp3) is 0.686. The second kappa shape index (κ2) is 49.2. The van der Waals surface area contributed by atoms with E-state index in [-0.39, 0.29) is 126 Å². The molecule has 3 saturated heterocycles. The number of amides is 10. The number of likely N-dealkylation sites (tertiary alicyclic amines) is 1. The van der Waals surface area contributed by atoms with Crippen LogP contribution < -0.4 is 49.1 Å². The highest BCUT2D eigenvalue weighted by Gasteiger charge is 2.48. The van der Waals surface area contributed by atoms with Crippen molar-refractivity contribution < 1.29 is 82.7 Å². The Morgan fingerprint density at radius 3 is 2.03 bits per heavy atom. The summed E-state index contributed by atoms with van der Waals surface area (Å²) >= 11 is 0. The van der Waals surface area contributed by atoms with E-state index in [1.54, 1.807) is 44.7 Å². The average molecular weight is 1640 g/mol. The summed E-state index contributed by atoms with van der Waals surface area (Å²) in [4.78, 5) is 183. The molecule has 10 amide bonds. The number of nitrogens with zero attached hydrogens (tertiary/aromatic N) is 5. The summed E-state index contributed by atoms with van der Waals surface area (Å²) in [6.45, 7) is 13.4. The number of carbonyl (C=O) groups excluding carboxylic acids is 11. The number of allylic oxidation sites excluding steroid dienone is 2. The maximum Gasteiger partial charge on any atom is 0.306 e. The third-order valence-corrected chi connectivity index (χ3v) is 23.2. The SMILES string of the molecule is CCCCCCCC(=O)N1CCC[C@H](C(=O)N[C@@H](Cc2ccccc2)C(=O)N[C@@H]2CCCN(C)/C(=C/C[C@@H]3[C@@H](CC[C@@H](O)CCc4ccccc4)[C@H](O)C[C@@H]3O)CCCC(=O)O[C@@H]3C[C@@H](C(=O)N(C)[C@@H](CC(C)C)C(=O)N[C@@H](CC(=O)O)C(=O)N[C@@H](CCCN=C(N)N)C(=O)N[C@H](C(N)=O)[C@@H](C)CC)N(C3)C(=O)[C@H](CC(C)C)NC2=O)C1. The summed E-state index contributed by atoms with van der Waals surface area (Å²) in [5, 5.41) is 60.9. The first-order valence-corrected chi connectivity index (χ1v) is 42.6. The molecule has 4 aliphatic rings. The number of aliphatic imine (C=N–C) groups is 1. The molecule has 0 unspecified atom stereocenters. The predicted octanol–water partition coefficient (Wildman–Crippen LogP) is 4.53. The minimum absolute atomic E-state index is 0.00996. The lowest BCUT2D eigenvalue weighted by molar-refractivity contribution is -0.150. The fourth-order valence-electron chi connectivity index (χ4n) is 16.3. The second-order valence-corrected chi connectivity index (χ2v) is 33.5. The zero-order chi connectivity index (χ0) is 86.0. The number of aliphatic hydroxyl groups is 3. The van der Waals surface area contributed by atoms with Crippen LogP contribution in [0.15, 0.2) is 77.4 Å². The Balaban J connectivity index is 1.35. The topological polar surface area (TPSA) is 471 Å². The standard InChI is InChI=1S/C86H136N14O17/c1-10-12-13-14-21-34-73(104)99-44-24-30-58(51-99)78(109)93-66(47-57-28-19-16-20-29-57)81(112)92-65-33-25-43-97(8)59(37-40-62-63(72(103)50-71(62)102)41-39-60(101)38-36-56-26-17-15-18-27-56)31-22-35-75(107)117-61-48-70(100(52-61)84(115)68(45-53(3)4)95-79(65)110)85(116)98(9)69(46-54(5)6)83(114)94-67(49-74(105)106)82(113)91-64(32-23-42-90-86(88)89)80(111)96-76(77(87)108)55(7)11-2/h15-20,26-29,37,53-55,58,60-72,76,101-103H,10-14,21-25,30-36,38-52H2,1-9H3,(H2,87,108)(H,91,113)(H,92,112)(H,93,109)(H,94,114)(H,95,110)(H,96,111)(H,105,106)(H4,88,89,90)/b59-37+/t55-,58-,60-,61+,62+,63+,64-,65+,66-,67-,68-,69-,70-,71-,72+,76-/m0/s1. The average Bonchev–Trinajstić information content (AvgIpc) is 1.66. The lowest BCUT2D eigenvalue weighted by Crippen LogP contribution is -2.61. The van der Waals surface area contributed by atoms with Gasteiger partial charge in [-0.15, -0.1) is 0 Å². The monoisotopic (exact) mass is 1640 g/mol. The van der Waals surface area contributed by atoms with Crippen molar-refractivity contribution in [3.8, 4) is 0 Å². The Morgan fingerprint density at radius 2 is 1.38 bits per heavy atom. The molecule has 4 fully saturated rings. The molecule has 2 bridgehead atoms. The molecule has 2 aromatic carbocycles. The molecule has 652 valence electrons. The number of piperidine rings is 1. The molecule has 16 atom stereocenters. The van der Waals surface area contributed by atoms with Gasteiger partial charge < -0.3 is 93.9 Å². The Hall–Kier alpha value is -9.23.